The Kier molecular flexibility index (Phi) is 10.3. The van der Waals surface area contributed by atoms with E-state index in [4.69, 9.17) is 13.3 Å². The van der Waals surface area contributed by atoms with Crippen molar-refractivity contribution in [1.29, 1.82) is 0 Å². The standard InChI is InChI=1S/C27H58O4Si3/c1-25(2,3)32(10,11)29-18-16-17-22-23(30-33(12,13)26(4,5)6)19-21(28)20-24(22)31-34(14,15)27(7,8)9/h22-24H,16-20H2,1-15H3/t23-,24-/m1/s1. The van der Waals surface area contributed by atoms with E-state index in [-0.39, 0.29) is 33.2 Å². The lowest BCUT2D eigenvalue weighted by Gasteiger charge is -2.48. The molecule has 0 saturated heterocycles. The lowest BCUT2D eigenvalue weighted by atomic mass is 9.80. The normalized spacial score (nSPS) is 22.4. The molecule has 0 amide bonds. The van der Waals surface area contributed by atoms with Crippen LogP contribution in [-0.2, 0) is 18.1 Å². The summed E-state index contributed by atoms with van der Waals surface area (Å²) in [7, 11) is -5.79. The van der Waals surface area contributed by atoms with E-state index < -0.39 is 25.0 Å². The van der Waals surface area contributed by atoms with Crippen LogP contribution in [0.2, 0.25) is 54.4 Å². The quantitative estimate of drug-likeness (QED) is 0.221. The topological polar surface area (TPSA) is 44.8 Å². The van der Waals surface area contributed by atoms with Crippen molar-refractivity contribution in [2.45, 2.75) is 155 Å². The highest BCUT2D eigenvalue weighted by Gasteiger charge is 2.48. The van der Waals surface area contributed by atoms with Crippen LogP contribution in [0.15, 0.2) is 0 Å². The Balaban J connectivity index is 3.14. The van der Waals surface area contributed by atoms with E-state index in [1.807, 2.05) is 0 Å². The van der Waals surface area contributed by atoms with Gasteiger partial charge in [0.1, 0.15) is 5.78 Å². The van der Waals surface area contributed by atoms with Gasteiger partial charge >= 0.3 is 0 Å². The first-order chi connectivity index (χ1) is 14.9. The fourth-order valence-electron chi connectivity index (χ4n) is 3.68. The van der Waals surface area contributed by atoms with Gasteiger partial charge in [0.15, 0.2) is 25.0 Å². The van der Waals surface area contributed by atoms with Gasteiger partial charge in [-0.1, -0.05) is 62.3 Å². The van der Waals surface area contributed by atoms with Crippen molar-refractivity contribution >= 4 is 30.7 Å². The van der Waals surface area contributed by atoms with Crippen molar-refractivity contribution in [3.63, 3.8) is 0 Å². The van der Waals surface area contributed by atoms with Crippen LogP contribution in [0.1, 0.15) is 88.0 Å². The van der Waals surface area contributed by atoms with Crippen molar-refractivity contribution in [3.05, 3.63) is 0 Å². The van der Waals surface area contributed by atoms with E-state index in [0.29, 0.717) is 18.6 Å². The summed E-state index contributed by atoms with van der Waals surface area (Å²) in [5.41, 5.74) is 0. The molecule has 1 saturated carbocycles. The van der Waals surface area contributed by atoms with Gasteiger partial charge in [-0.2, -0.15) is 0 Å². The van der Waals surface area contributed by atoms with E-state index in [1.54, 1.807) is 0 Å². The largest absolute Gasteiger partial charge is 0.417 e. The molecular weight excluding hydrogens is 473 g/mol. The minimum Gasteiger partial charge on any atom is -0.417 e. The van der Waals surface area contributed by atoms with Gasteiger partial charge in [0.05, 0.1) is 12.2 Å². The maximum Gasteiger partial charge on any atom is 0.192 e. The molecule has 0 aromatic carbocycles. The third-order valence-corrected chi connectivity index (χ3v) is 22.8. The van der Waals surface area contributed by atoms with Crippen LogP contribution in [0.3, 0.4) is 0 Å². The van der Waals surface area contributed by atoms with Crippen LogP contribution >= 0.6 is 0 Å². The zero-order chi connectivity index (χ0) is 27.0. The van der Waals surface area contributed by atoms with Crippen LogP contribution in [0, 0.1) is 5.92 Å². The summed E-state index contributed by atoms with van der Waals surface area (Å²) in [5, 5.41) is 0.435. The summed E-state index contributed by atoms with van der Waals surface area (Å²) in [5.74, 6) is 0.533. The minimum atomic E-state index is -2.01. The Labute approximate surface area is 215 Å². The number of Topliss-reactive ketones (excluding diaryl/α,β-unsaturated/α-hetero) is 1. The Hall–Kier alpha value is 0.201. The molecule has 0 spiro atoms. The molecule has 1 fully saturated rings. The first-order valence-electron chi connectivity index (χ1n) is 13.4. The Morgan fingerprint density at radius 3 is 1.35 bits per heavy atom. The van der Waals surface area contributed by atoms with E-state index in [2.05, 4.69) is 102 Å². The van der Waals surface area contributed by atoms with Crippen LogP contribution in [-0.4, -0.2) is 49.6 Å². The number of hydrogen-bond acceptors (Lipinski definition) is 4. The SMILES string of the molecule is CC(C)(C)[Si](C)(C)OCCCC1[C@H](O[Si](C)(C)C(C)(C)C)CC(=O)C[C@H]1O[Si](C)(C)C(C)(C)C. The molecule has 1 rings (SSSR count). The molecule has 2 atom stereocenters. The summed E-state index contributed by atoms with van der Waals surface area (Å²) < 4.78 is 20.4. The second-order valence-corrected chi connectivity index (χ2v) is 29.5. The monoisotopic (exact) mass is 530 g/mol. The maximum atomic E-state index is 12.9. The fraction of sp³-hybridized carbons (Fsp3) is 0.963. The molecule has 4 nitrogen and oxygen atoms in total. The van der Waals surface area contributed by atoms with Crippen molar-refractivity contribution < 1.29 is 18.1 Å². The molecule has 0 N–H and O–H groups in total. The lowest BCUT2D eigenvalue weighted by molar-refractivity contribution is -0.130. The molecule has 0 bridgehead atoms. The van der Waals surface area contributed by atoms with Gasteiger partial charge in [-0.05, 0) is 67.2 Å². The molecule has 0 aliphatic heterocycles. The summed E-state index contributed by atoms with van der Waals surface area (Å²) in [6, 6.07) is 0. The van der Waals surface area contributed by atoms with Gasteiger partial charge in [-0.15, -0.1) is 0 Å². The molecule has 1 aliphatic rings. The van der Waals surface area contributed by atoms with Crippen LogP contribution in [0.5, 0.6) is 0 Å². The summed E-state index contributed by atoms with van der Waals surface area (Å²) in [4.78, 5) is 12.9. The highest BCUT2D eigenvalue weighted by Crippen LogP contribution is 2.44. The average Bonchev–Trinajstić information content (AvgIpc) is 2.56. The van der Waals surface area contributed by atoms with Crippen LogP contribution in [0.4, 0.5) is 0 Å². The van der Waals surface area contributed by atoms with E-state index >= 15 is 0 Å². The molecule has 0 unspecified atom stereocenters. The summed E-state index contributed by atoms with van der Waals surface area (Å²) in [6.07, 6.45) is 2.92. The van der Waals surface area contributed by atoms with Gasteiger partial charge in [-0.25, -0.2) is 0 Å². The maximum absolute atomic E-state index is 12.9. The molecule has 0 aromatic rings. The number of hydrogen-bond donors (Lipinski definition) is 0. The molecule has 202 valence electrons. The average molecular weight is 531 g/mol. The van der Waals surface area contributed by atoms with Gasteiger partial charge in [-0.3, -0.25) is 4.79 Å². The van der Waals surface area contributed by atoms with Crippen LogP contribution < -0.4 is 0 Å². The zero-order valence-electron chi connectivity index (χ0n) is 25.4. The van der Waals surface area contributed by atoms with Crippen molar-refractivity contribution in [1.82, 2.24) is 0 Å². The Morgan fingerprint density at radius 1 is 0.676 bits per heavy atom. The molecule has 0 aromatic heterocycles. The molecule has 7 heteroatoms. The van der Waals surface area contributed by atoms with Gasteiger partial charge in [0.2, 0.25) is 0 Å². The first kappa shape index (κ1) is 32.2. The molecular formula is C27H58O4Si3. The molecule has 0 radical (unpaired) electrons. The predicted molar refractivity (Wildman–Crippen MR) is 154 cm³/mol. The molecule has 1 aliphatic carbocycles. The lowest BCUT2D eigenvalue weighted by Crippen LogP contribution is -2.54. The third-order valence-electron chi connectivity index (χ3n) is 9.27. The van der Waals surface area contributed by atoms with Crippen LogP contribution in [0.25, 0.3) is 0 Å². The zero-order valence-corrected chi connectivity index (χ0v) is 28.4. The van der Waals surface area contributed by atoms with Gasteiger partial charge in [0, 0.05) is 25.4 Å². The fourth-order valence-corrected chi connectivity index (χ4v) is 7.50. The smallest absolute Gasteiger partial charge is 0.192 e. The Morgan fingerprint density at radius 2 is 1.03 bits per heavy atom. The molecule has 34 heavy (non-hydrogen) atoms. The van der Waals surface area contributed by atoms with Gasteiger partial charge < -0.3 is 13.3 Å². The minimum absolute atomic E-state index is 0.0511. The van der Waals surface area contributed by atoms with Crippen molar-refractivity contribution in [2.75, 3.05) is 6.61 Å². The Bertz CT molecular complexity index is 641. The van der Waals surface area contributed by atoms with Crippen molar-refractivity contribution in [3.8, 4) is 0 Å². The van der Waals surface area contributed by atoms with Crippen molar-refractivity contribution in [2.24, 2.45) is 5.92 Å². The summed E-state index contributed by atoms with van der Waals surface area (Å²) in [6.45, 7) is 35.1. The molecule has 0 heterocycles. The van der Waals surface area contributed by atoms with E-state index in [9.17, 15) is 4.79 Å². The highest BCUT2D eigenvalue weighted by molar-refractivity contribution is 6.75. The summed E-state index contributed by atoms with van der Waals surface area (Å²) >= 11 is 0. The first-order valence-corrected chi connectivity index (χ1v) is 22.1. The number of carbonyl (C=O) groups is 1. The predicted octanol–water partition coefficient (Wildman–Crippen LogP) is 8.55. The highest BCUT2D eigenvalue weighted by atomic mass is 28.4. The second-order valence-electron chi connectivity index (χ2n) is 15.2. The number of rotatable bonds is 9. The third kappa shape index (κ3) is 8.37. The van der Waals surface area contributed by atoms with E-state index in [0.717, 1.165) is 19.4 Å². The van der Waals surface area contributed by atoms with Gasteiger partial charge in [0.25, 0.3) is 0 Å². The second kappa shape index (κ2) is 10.9. The van der Waals surface area contributed by atoms with E-state index in [1.165, 1.54) is 0 Å². The number of carbonyl (C=O) groups excluding carboxylic acids is 1. The number of ketones is 1.